The molecule has 0 saturated carbocycles. The van der Waals surface area contributed by atoms with Crippen LogP contribution in [0.15, 0.2) is 0 Å². The smallest absolute Gasteiger partial charge is 0.164 e. The van der Waals surface area contributed by atoms with Gasteiger partial charge in [0.1, 0.15) is 11.4 Å². The first kappa shape index (κ1) is 26.7. The minimum atomic E-state index is 0.0509. The van der Waals surface area contributed by atoms with E-state index in [4.69, 9.17) is 37.9 Å². The molecule has 0 fully saturated rings. The van der Waals surface area contributed by atoms with Crippen LogP contribution in [0, 0.1) is 0 Å². The van der Waals surface area contributed by atoms with Gasteiger partial charge in [0.2, 0.25) is 0 Å². The minimum Gasteiger partial charge on any atom is -0.504 e. The predicted molar refractivity (Wildman–Crippen MR) is 107 cm³/mol. The van der Waals surface area contributed by atoms with Crippen molar-refractivity contribution in [2.24, 2.45) is 0 Å². The van der Waals surface area contributed by atoms with Gasteiger partial charge in [-0.1, -0.05) is 0 Å². The first-order valence-corrected chi connectivity index (χ1v) is 9.99. The van der Waals surface area contributed by atoms with Crippen LogP contribution >= 0.6 is 0 Å². The Labute approximate surface area is 177 Å². The van der Waals surface area contributed by atoms with Crippen molar-refractivity contribution in [3.63, 3.8) is 0 Å². The van der Waals surface area contributed by atoms with Crippen molar-refractivity contribution >= 4 is 0 Å². The Balaban J connectivity index is 1.98. The van der Waals surface area contributed by atoms with E-state index in [9.17, 15) is 5.11 Å². The van der Waals surface area contributed by atoms with Gasteiger partial charge >= 0.3 is 0 Å². The highest BCUT2D eigenvalue weighted by Crippen LogP contribution is 2.20. The normalized spacial score (nSPS) is 11.4. The van der Waals surface area contributed by atoms with Crippen molar-refractivity contribution in [2.45, 2.75) is 13.2 Å². The number of ether oxygens (including phenoxy) is 8. The highest BCUT2D eigenvalue weighted by molar-refractivity contribution is 5.30. The molecule has 0 saturated heterocycles. The molecule has 0 aromatic carbocycles. The topological polar surface area (TPSA) is 123 Å². The maximum atomic E-state index is 10.1. The summed E-state index contributed by atoms with van der Waals surface area (Å²) >= 11 is 0. The summed E-state index contributed by atoms with van der Waals surface area (Å²) in [5, 5.41) is 16.9. The number of nitrogens with zero attached hydrogens (tertiary/aromatic N) is 1. The van der Waals surface area contributed by atoms with Crippen LogP contribution in [0.25, 0.3) is 0 Å². The first-order valence-electron chi connectivity index (χ1n) is 9.99. The van der Waals surface area contributed by atoms with E-state index < -0.39 is 0 Å². The van der Waals surface area contributed by atoms with E-state index in [1.54, 1.807) is 14.2 Å². The van der Waals surface area contributed by atoms with Crippen molar-refractivity contribution in [2.75, 3.05) is 93.5 Å². The molecular weight excluding hydrogens is 400 g/mol. The van der Waals surface area contributed by atoms with Crippen LogP contribution in [-0.4, -0.2) is 109 Å². The van der Waals surface area contributed by atoms with Crippen molar-refractivity contribution in [1.29, 1.82) is 0 Å². The van der Waals surface area contributed by atoms with E-state index in [0.29, 0.717) is 90.7 Å². The van der Waals surface area contributed by atoms with Gasteiger partial charge in [0.05, 0.1) is 92.5 Å². The summed E-state index contributed by atoms with van der Waals surface area (Å²) in [6, 6.07) is 0. The highest BCUT2D eigenvalue weighted by atomic mass is 16.6. The van der Waals surface area contributed by atoms with Gasteiger partial charge in [0.25, 0.3) is 0 Å². The standard InChI is InChI=1S/C19H36N2O9/c1-23-3-5-25-7-9-27-11-13-29-15-17-19(22)18(21-20-17)16-30-14-12-28-10-8-26-6-4-24-2/h22H,3-16H2,1-2H3,(H,20,21). The summed E-state index contributed by atoms with van der Waals surface area (Å²) in [6.07, 6.45) is 0. The van der Waals surface area contributed by atoms with Crippen LogP contribution < -0.4 is 0 Å². The second-order valence-corrected chi connectivity index (χ2v) is 6.04. The van der Waals surface area contributed by atoms with Gasteiger partial charge in [-0.2, -0.15) is 5.10 Å². The Hall–Kier alpha value is -1.31. The zero-order valence-electron chi connectivity index (χ0n) is 18.1. The largest absolute Gasteiger partial charge is 0.504 e. The Morgan fingerprint density at radius 3 is 1.47 bits per heavy atom. The molecule has 0 aliphatic rings. The number of H-pyrrole nitrogens is 1. The van der Waals surface area contributed by atoms with Crippen molar-refractivity contribution < 1.29 is 43.0 Å². The molecule has 1 rings (SSSR count). The molecule has 2 N–H and O–H groups in total. The number of hydrogen-bond acceptors (Lipinski definition) is 10. The number of methoxy groups -OCH3 is 2. The minimum absolute atomic E-state index is 0.0509. The molecule has 0 bridgehead atoms. The molecule has 0 aliphatic carbocycles. The van der Waals surface area contributed by atoms with Crippen LogP contribution in [0.3, 0.4) is 0 Å². The van der Waals surface area contributed by atoms with E-state index in [0.717, 1.165) is 0 Å². The number of nitrogens with one attached hydrogen (secondary N) is 1. The van der Waals surface area contributed by atoms with Gasteiger partial charge in [0, 0.05) is 14.2 Å². The van der Waals surface area contributed by atoms with Crippen molar-refractivity contribution in [1.82, 2.24) is 10.2 Å². The summed E-state index contributed by atoms with van der Waals surface area (Å²) in [4.78, 5) is 0. The molecule has 11 nitrogen and oxygen atoms in total. The molecule has 1 heterocycles. The maximum Gasteiger partial charge on any atom is 0.164 e. The number of aromatic nitrogens is 2. The Bertz CT molecular complexity index is 461. The fraction of sp³-hybridized carbons (Fsp3) is 0.842. The summed E-state index contributed by atoms with van der Waals surface area (Å²) in [7, 11) is 3.26. The van der Waals surface area contributed by atoms with Crippen LogP contribution in [0.5, 0.6) is 5.75 Å². The van der Waals surface area contributed by atoms with E-state index in [1.807, 2.05) is 0 Å². The van der Waals surface area contributed by atoms with Crippen LogP contribution in [-0.2, 0) is 51.1 Å². The molecule has 11 heteroatoms. The third-order valence-corrected chi connectivity index (χ3v) is 3.72. The van der Waals surface area contributed by atoms with Crippen LogP contribution in [0.1, 0.15) is 11.4 Å². The lowest BCUT2D eigenvalue weighted by Crippen LogP contribution is -2.11. The Morgan fingerprint density at radius 1 is 0.600 bits per heavy atom. The lowest BCUT2D eigenvalue weighted by Gasteiger charge is -2.07. The predicted octanol–water partition coefficient (Wildman–Crippen LogP) is 0.508. The lowest BCUT2D eigenvalue weighted by molar-refractivity contribution is -0.000184. The maximum absolute atomic E-state index is 10.1. The lowest BCUT2D eigenvalue weighted by atomic mass is 10.3. The summed E-state index contributed by atoms with van der Waals surface area (Å²) in [5.74, 6) is 0.0509. The van der Waals surface area contributed by atoms with Gasteiger partial charge in [-0.25, -0.2) is 0 Å². The summed E-state index contributed by atoms with van der Waals surface area (Å²) in [5.41, 5.74) is 0.932. The average molecular weight is 437 g/mol. The van der Waals surface area contributed by atoms with Crippen molar-refractivity contribution in [3.8, 4) is 5.75 Å². The second-order valence-electron chi connectivity index (χ2n) is 6.04. The van der Waals surface area contributed by atoms with E-state index in [-0.39, 0.29) is 19.0 Å². The molecule has 0 aliphatic heterocycles. The van der Waals surface area contributed by atoms with Gasteiger partial charge in [-0.15, -0.1) is 0 Å². The summed E-state index contributed by atoms with van der Waals surface area (Å²) < 4.78 is 42.0. The third kappa shape index (κ3) is 13.8. The number of aromatic hydroxyl groups is 1. The van der Waals surface area contributed by atoms with E-state index in [2.05, 4.69) is 10.2 Å². The van der Waals surface area contributed by atoms with Gasteiger partial charge in [-0.3, -0.25) is 5.10 Å². The first-order chi connectivity index (χ1) is 14.8. The highest BCUT2D eigenvalue weighted by Gasteiger charge is 2.12. The van der Waals surface area contributed by atoms with Gasteiger partial charge in [0.15, 0.2) is 5.75 Å². The average Bonchev–Trinajstić information content (AvgIpc) is 3.10. The molecule has 176 valence electrons. The number of rotatable bonds is 22. The van der Waals surface area contributed by atoms with Gasteiger partial charge < -0.3 is 43.0 Å². The quantitative estimate of drug-likeness (QED) is 0.249. The summed E-state index contributed by atoms with van der Waals surface area (Å²) in [6.45, 7) is 6.32. The fourth-order valence-electron chi connectivity index (χ4n) is 2.12. The molecule has 0 spiro atoms. The molecule has 0 atom stereocenters. The fourth-order valence-corrected chi connectivity index (χ4v) is 2.12. The van der Waals surface area contributed by atoms with Crippen molar-refractivity contribution in [3.05, 3.63) is 11.4 Å². The van der Waals surface area contributed by atoms with Gasteiger partial charge in [-0.05, 0) is 0 Å². The Morgan fingerprint density at radius 2 is 1.00 bits per heavy atom. The molecule has 30 heavy (non-hydrogen) atoms. The third-order valence-electron chi connectivity index (χ3n) is 3.72. The molecule has 1 aromatic rings. The monoisotopic (exact) mass is 436 g/mol. The Kier molecular flexibility index (Phi) is 17.5. The van der Waals surface area contributed by atoms with E-state index >= 15 is 0 Å². The zero-order valence-corrected chi connectivity index (χ0v) is 18.1. The SMILES string of the molecule is COCCOCCOCCOCc1n[nH]c(COCCOCCOCCOC)c1O. The van der Waals surface area contributed by atoms with Crippen LogP contribution in [0.2, 0.25) is 0 Å². The molecule has 1 aromatic heterocycles. The molecule has 0 amide bonds. The van der Waals surface area contributed by atoms with E-state index in [1.165, 1.54) is 0 Å². The zero-order chi connectivity index (χ0) is 21.7. The molecular formula is C19H36N2O9. The number of hydrogen-bond donors (Lipinski definition) is 2. The molecule has 0 unspecified atom stereocenters. The number of aromatic amines is 1. The van der Waals surface area contributed by atoms with Crippen LogP contribution in [0.4, 0.5) is 0 Å². The molecule has 0 radical (unpaired) electrons. The second kappa shape index (κ2) is 19.6.